The monoisotopic (exact) mass is 400 g/mol. The van der Waals surface area contributed by atoms with E-state index in [9.17, 15) is 9.36 Å². The van der Waals surface area contributed by atoms with E-state index in [1.165, 1.54) is 14.2 Å². The van der Waals surface area contributed by atoms with Gasteiger partial charge in [-0.3, -0.25) is 9.36 Å². The van der Waals surface area contributed by atoms with Crippen LogP contribution in [0.2, 0.25) is 0 Å². The first-order chi connectivity index (χ1) is 12.7. The Morgan fingerprint density at radius 1 is 1.07 bits per heavy atom. The largest absolute Gasteiger partial charge is 0.496 e. The van der Waals surface area contributed by atoms with Gasteiger partial charge in [0.1, 0.15) is 17.1 Å². The Balaban J connectivity index is 2.40. The van der Waals surface area contributed by atoms with Gasteiger partial charge in [0.2, 0.25) is 0 Å². The number of methoxy groups -OCH3 is 2. The van der Waals surface area contributed by atoms with Crippen molar-refractivity contribution in [1.29, 1.82) is 0 Å². The zero-order chi connectivity index (χ0) is 20.4. The van der Waals surface area contributed by atoms with Crippen molar-refractivity contribution in [2.45, 2.75) is 40.5 Å². The van der Waals surface area contributed by atoms with Crippen LogP contribution < -0.4 is 9.47 Å². The van der Waals surface area contributed by atoms with Gasteiger partial charge >= 0.3 is 0 Å². The fraction of sp³-hybridized carbons (Fsp3) is 0.650. The molecule has 2 atom stereocenters. The summed E-state index contributed by atoms with van der Waals surface area (Å²) in [5.41, 5.74) is -0.168. The van der Waals surface area contributed by atoms with E-state index in [0.717, 1.165) is 12.8 Å². The number of hydrogen-bond donors (Lipinski definition) is 0. The molecule has 0 aliphatic heterocycles. The Hall–Kier alpha value is -1.36. The van der Waals surface area contributed by atoms with Crippen molar-refractivity contribution in [2.75, 3.05) is 34.0 Å². The first-order valence-electron chi connectivity index (χ1n) is 9.19. The third-order valence-corrected chi connectivity index (χ3v) is 5.10. The molecule has 1 rings (SSSR count). The molecule has 1 aromatic carbocycles. The van der Waals surface area contributed by atoms with Gasteiger partial charge in [-0.25, -0.2) is 0 Å². The Morgan fingerprint density at radius 3 is 2.19 bits per heavy atom. The van der Waals surface area contributed by atoms with Gasteiger partial charge in [0, 0.05) is 6.61 Å². The quantitative estimate of drug-likeness (QED) is 0.370. The molecule has 0 radical (unpaired) electrons. The molecule has 1 aromatic rings. The summed E-state index contributed by atoms with van der Waals surface area (Å²) < 4.78 is 33.3. The average Bonchev–Trinajstić information content (AvgIpc) is 2.61. The molecule has 0 N–H and O–H groups in total. The molecule has 0 aromatic heterocycles. The van der Waals surface area contributed by atoms with E-state index in [-0.39, 0.29) is 12.2 Å². The van der Waals surface area contributed by atoms with Crippen LogP contribution in [0, 0.1) is 11.3 Å². The normalized spacial score (nSPS) is 13.9. The van der Waals surface area contributed by atoms with Gasteiger partial charge in [-0.15, -0.1) is 0 Å². The van der Waals surface area contributed by atoms with Crippen molar-refractivity contribution < 1.29 is 28.1 Å². The molecule has 154 valence electrons. The highest BCUT2D eigenvalue weighted by Crippen LogP contribution is 2.37. The van der Waals surface area contributed by atoms with Crippen molar-refractivity contribution >= 4 is 13.6 Å². The van der Waals surface area contributed by atoms with Gasteiger partial charge in [-0.2, -0.15) is 0 Å². The summed E-state index contributed by atoms with van der Waals surface area (Å²) in [4.78, 5) is 12.5. The van der Waals surface area contributed by atoms with E-state index in [1.807, 2.05) is 0 Å². The van der Waals surface area contributed by atoms with Crippen LogP contribution >= 0.6 is 8.03 Å². The summed E-state index contributed by atoms with van der Waals surface area (Å²) in [7, 11) is -0.0542. The van der Waals surface area contributed by atoms with Crippen LogP contribution in [0.3, 0.4) is 0 Å². The zero-order valence-electron chi connectivity index (χ0n) is 17.3. The predicted molar refractivity (Wildman–Crippen MR) is 108 cm³/mol. The molecular formula is C20H33O6P. The fourth-order valence-corrected chi connectivity index (χ4v) is 3.82. The van der Waals surface area contributed by atoms with E-state index < -0.39 is 13.6 Å². The van der Waals surface area contributed by atoms with E-state index >= 15 is 0 Å². The standard InChI is InChI=1S/C20H33O6P/c1-15(14-20(2,3)4)10-11-25-12-13-26-27(22)19(21)18-16(23-5)8-7-9-17(18)24-6/h7-9,15,27H,10-14H2,1-6H3. The molecule has 0 saturated carbocycles. The number of benzene rings is 1. The maximum atomic E-state index is 12.5. The molecule has 0 saturated heterocycles. The van der Waals surface area contributed by atoms with E-state index in [1.54, 1.807) is 18.2 Å². The third kappa shape index (κ3) is 8.46. The minimum absolute atomic E-state index is 0.106. The molecule has 0 heterocycles. The SMILES string of the molecule is COc1cccc(OC)c1C(=O)[PH](=O)OCCOCCC(C)CC(C)(C)C. The summed E-state index contributed by atoms with van der Waals surface area (Å²) in [5, 5.41) is 0. The number of rotatable bonds is 12. The molecule has 2 unspecified atom stereocenters. The van der Waals surface area contributed by atoms with Crippen LogP contribution in [-0.2, 0) is 13.8 Å². The minimum Gasteiger partial charge on any atom is -0.496 e. The molecule has 0 amide bonds. The number of hydrogen-bond acceptors (Lipinski definition) is 6. The number of carbonyl (C=O) groups is 1. The van der Waals surface area contributed by atoms with Gasteiger partial charge in [0.25, 0.3) is 13.6 Å². The van der Waals surface area contributed by atoms with E-state index in [4.69, 9.17) is 18.7 Å². The summed E-state index contributed by atoms with van der Waals surface area (Å²) in [5.74, 6) is 1.19. The second-order valence-corrected chi connectivity index (χ2v) is 9.09. The van der Waals surface area contributed by atoms with Crippen LogP contribution in [0.5, 0.6) is 11.5 Å². The minimum atomic E-state index is -2.94. The lowest BCUT2D eigenvalue weighted by Crippen LogP contribution is -2.13. The van der Waals surface area contributed by atoms with Gasteiger partial charge in [-0.05, 0) is 36.3 Å². The highest BCUT2D eigenvalue weighted by atomic mass is 31.1. The molecule has 6 nitrogen and oxygen atoms in total. The molecule has 27 heavy (non-hydrogen) atoms. The lowest BCUT2D eigenvalue weighted by molar-refractivity contribution is 0.0871. The first kappa shape index (κ1) is 23.7. The molecule has 0 aliphatic rings. The van der Waals surface area contributed by atoms with Crippen molar-refractivity contribution in [3.8, 4) is 11.5 Å². The van der Waals surface area contributed by atoms with Gasteiger partial charge in [-0.1, -0.05) is 33.8 Å². The molecule has 7 heteroatoms. The molecule has 0 fully saturated rings. The molecular weight excluding hydrogens is 367 g/mol. The summed E-state index contributed by atoms with van der Waals surface area (Å²) in [6.45, 7) is 9.92. The van der Waals surface area contributed by atoms with Crippen molar-refractivity contribution in [3.05, 3.63) is 23.8 Å². The Bertz CT molecular complexity index is 601. The van der Waals surface area contributed by atoms with Crippen LogP contribution in [0.15, 0.2) is 18.2 Å². The Morgan fingerprint density at radius 2 is 1.67 bits per heavy atom. The number of ether oxygens (including phenoxy) is 3. The average molecular weight is 400 g/mol. The lowest BCUT2D eigenvalue weighted by Gasteiger charge is -2.23. The zero-order valence-corrected chi connectivity index (χ0v) is 18.3. The maximum absolute atomic E-state index is 12.5. The summed E-state index contributed by atoms with van der Waals surface area (Å²) in [6, 6.07) is 4.93. The van der Waals surface area contributed by atoms with E-state index in [0.29, 0.717) is 36.0 Å². The fourth-order valence-electron chi connectivity index (χ4n) is 2.97. The first-order valence-corrected chi connectivity index (χ1v) is 10.5. The summed E-state index contributed by atoms with van der Waals surface area (Å²) in [6.07, 6.45) is 2.10. The second kappa shape index (κ2) is 11.5. The van der Waals surface area contributed by atoms with Gasteiger partial charge in [0.05, 0.1) is 27.4 Å². The van der Waals surface area contributed by atoms with Crippen molar-refractivity contribution in [1.82, 2.24) is 0 Å². The molecule has 0 bridgehead atoms. The Kier molecular flexibility index (Phi) is 10.1. The third-order valence-electron chi connectivity index (χ3n) is 4.02. The topological polar surface area (TPSA) is 71.1 Å². The summed E-state index contributed by atoms with van der Waals surface area (Å²) >= 11 is 0. The van der Waals surface area contributed by atoms with Gasteiger partial charge in [0.15, 0.2) is 0 Å². The van der Waals surface area contributed by atoms with Crippen molar-refractivity contribution in [3.63, 3.8) is 0 Å². The van der Waals surface area contributed by atoms with Crippen LogP contribution in [-0.4, -0.2) is 39.6 Å². The molecule has 0 spiro atoms. The van der Waals surface area contributed by atoms with Crippen LogP contribution in [0.25, 0.3) is 0 Å². The van der Waals surface area contributed by atoms with E-state index in [2.05, 4.69) is 27.7 Å². The number of carbonyl (C=O) groups excluding carboxylic acids is 1. The smallest absolute Gasteiger partial charge is 0.260 e. The molecule has 0 aliphatic carbocycles. The lowest BCUT2D eigenvalue weighted by atomic mass is 9.84. The van der Waals surface area contributed by atoms with Crippen LogP contribution in [0.4, 0.5) is 0 Å². The second-order valence-electron chi connectivity index (χ2n) is 7.77. The highest BCUT2D eigenvalue weighted by molar-refractivity contribution is 7.60. The van der Waals surface area contributed by atoms with Gasteiger partial charge < -0.3 is 18.7 Å². The highest BCUT2D eigenvalue weighted by Gasteiger charge is 2.23. The van der Waals surface area contributed by atoms with Crippen LogP contribution in [0.1, 0.15) is 50.9 Å². The van der Waals surface area contributed by atoms with Crippen molar-refractivity contribution in [2.24, 2.45) is 11.3 Å². The predicted octanol–water partition coefficient (Wildman–Crippen LogP) is 4.81. The Labute approximate surface area is 163 Å². The maximum Gasteiger partial charge on any atom is 0.260 e.